The number of rotatable bonds is 6. The first kappa shape index (κ1) is 42.1. The number of allylic oxidation sites excluding steroid dienone is 3. The van der Waals surface area contributed by atoms with Crippen LogP contribution in [0, 0.1) is 49.4 Å². The van der Waals surface area contributed by atoms with Crippen LogP contribution >= 0.6 is 0 Å². The molecule has 0 fully saturated rings. The van der Waals surface area contributed by atoms with Crippen molar-refractivity contribution in [3.8, 4) is 0 Å². The van der Waals surface area contributed by atoms with Crippen LogP contribution < -0.4 is 0 Å². The normalized spacial score (nSPS) is 10.9. The second-order valence-corrected chi connectivity index (χ2v) is 10.7. The summed E-state index contributed by atoms with van der Waals surface area (Å²) < 4.78 is 0. The van der Waals surface area contributed by atoms with Gasteiger partial charge in [-0.15, -0.1) is 0 Å². The standard InChI is InChI=1S/C12H8N2.3C10H10O2.Eu/c1-3-9-5-6-10-4-2-8-14-12(10)11(9)13-7-1;3*1-8(11)7-10(12)9-5-3-2-4-6-9;/h1-8H;3*2-7,12H,1H3;/b;10-7+;2*10-7-;. The van der Waals surface area contributed by atoms with Crippen molar-refractivity contribution < 1.29 is 79.1 Å². The van der Waals surface area contributed by atoms with Crippen LogP contribution in [0.5, 0.6) is 0 Å². The Morgan fingerprint density at radius 3 is 0.961 bits per heavy atom. The van der Waals surface area contributed by atoms with Crippen LogP contribution in [-0.2, 0) is 14.4 Å². The predicted molar refractivity (Wildman–Crippen MR) is 200 cm³/mol. The Labute approximate surface area is 338 Å². The summed E-state index contributed by atoms with van der Waals surface area (Å²) >= 11 is 0. The van der Waals surface area contributed by atoms with Crippen molar-refractivity contribution in [2.75, 3.05) is 0 Å². The van der Waals surface area contributed by atoms with Crippen LogP contribution in [0.2, 0.25) is 0 Å². The minimum Gasteiger partial charge on any atom is -0.507 e. The van der Waals surface area contributed by atoms with Gasteiger partial charge in [0.25, 0.3) is 0 Å². The monoisotopic (exact) mass is 819 g/mol. The second-order valence-electron chi connectivity index (χ2n) is 10.7. The molecule has 3 N–H and O–H groups in total. The molecule has 0 atom stereocenters. The number of aliphatic hydroxyl groups is 3. The Morgan fingerprint density at radius 2 is 0.706 bits per heavy atom. The number of hydrogen-bond donors (Lipinski definition) is 3. The van der Waals surface area contributed by atoms with Gasteiger partial charge in [0.15, 0.2) is 17.3 Å². The van der Waals surface area contributed by atoms with Gasteiger partial charge in [-0.25, -0.2) is 0 Å². The van der Waals surface area contributed by atoms with Gasteiger partial charge < -0.3 is 15.3 Å². The molecular weight excluding hydrogens is 780 g/mol. The van der Waals surface area contributed by atoms with Crippen molar-refractivity contribution in [2.45, 2.75) is 20.8 Å². The molecule has 0 bridgehead atoms. The molecule has 0 spiro atoms. The number of pyridine rings is 2. The van der Waals surface area contributed by atoms with Gasteiger partial charge >= 0.3 is 0 Å². The van der Waals surface area contributed by atoms with Crippen molar-refractivity contribution in [1.29, 1.82) is 0 Å². The molecular formula is C42H38EuN2O6. The van der Waals surface area contributed by atoms with E-state index >= 15 is 0 Å². The van der Waals surface area contributed by atoms with Gasteiger partial charge in [-0.3, -0.25) is 24.4 Å². The van der Waals surface area contributed by atoms with Gasteiger partial charge in [-0.2, -0.15) is 0 Å². The topological polar surface area (TPSA) is 138 Å². The largest absolute Gasteiger partial charge is 0.507 e. The van der Waals surface area contributed by atoms with E-state index in [0.717, 1.165) is 21.8 Å². The summed E-state index contributed by atoms with van der Waals surface area (Å²) in [6.07, 6.45) is 7.22. The molecule has 2 heterocycles. The number of carbonyl (C=O) groups is 3. The van der Waals surface area contributed by atoms with E-state index in [4.69, 9.17) is 0 Å². The molecule has 6 aromatic rings. The smallest absolute Gasteiger partial charge is 0.156 e. The molecule has 0 saturated carbocycles. The maximum atomic E-state index is 10.6. The second kappa shape index (κ2) is 22.6. The minimum atomic E-state index is -0.156. The number of ketones is 3. The Kier molecular flexibility index (Phi) is 18.6. The summed E-state index contributed by atoms with van der Waals surface area (Å²) in [5, 5.41) is 30.3. The zero-order valence-corrected chi connectivity index (χ0v) is 30.8. The Balaban J connectivity index is 0.000000235. The number of hydrogen-bond acceptors (Lipinski definition) is 8. The fraction of sp³-hybridized carbons (Fsp3) is 0.0714. The van der Waals surface area contributed by atoms with Crippen LogP contribution in [0.1, 0.15) is 37.5 Å². The summed E-state index contributed by atoms with van der Waals surface area (Å²) in [4.78, 5) is 40.5. The zero-order chi connectivity index (χ0) is 36.3. The van der Waals surface area contributed by atoms with E-state index in [1.165, 1.54) is 39.0 Å². The Morgan fingerprint density at radius 1 is 0.431 bits per heavy atom. The van der Waals surface area contributed by atoms with Crippen LogP contribution in [0.25, 0.3) is 39.1 Å². The molecule has 8 nitrogen and oxygen atoms in total. The van der Waals surface area contributed by atoms with E-state index in [0.29, 0.717) is 16.7 Å². The third-order valence-corrected chi connectivity index (χ3v) is 6.57. The van der Waals surface area contributed by atoms with Crippen molar-refractivity contribution in [3.63, 3.8) is 0 Å². The minimum absolute atomic E-state index is 0. The number of aromatic nitrogens is 2. The van der Waals surface area contributed by atoms with E-state index in [1.807, 2.05) is 30.3 Å². The molecule has 0 aliphatic rings. The molecule has 9 heteroatoms. The third kappa shape index (κ3) is 15.1. The first-order valence-corrected chi connectivity index (χ1v) is 15.5. The molecule has 0 saturated heterocycles. The summed E-state index contributed by atoms with van der Waals surface area (Å²) in [5.74, 6) is -0.418. The van der Waals surface area contributed by atoms with Gasteiger partial charge in [-0.05, 0) is 32.9 Å². The molecule has 0 unspecified atom stereocenters. The van der Waals surface area contributed by atoms with Crippen LogP contribution in [0.3, 0.4) is 0 Å². The van der Waals surface area contributed by atoms with Gasteiger partial charge in [0.2, 0.25) is 0 Å². The van der Waals surface area contributed by atoms with E-state index in [-0.39, 0.29) is 84.0 Å². The quantitative estimate of drug-likeness (QED) is 0.0860. The van der Waals surface area contributed by atoms with Crippen LogP contribution in [0.15, 0.2) is 158 Å². The summed E-state index contributed by atoms with van der Waals surface area (Å²) in [6.45, 7) is 4.21. The fourth-order valence-corrected chi connectivity index (χ4v) is 4.33. The first-order chi connectivity index (χ1) is 24.0. The Bertz CT molecular complexity index is 1900. The Hall–Kier alpha value is -5.09. The summed E-state index contributed by atoms with van der Waals surface area (Å²) in [6, 6.07) is 39.0. The van der Waals surface area contributed by atoms with E-state index in [2.05, 4.69) is 34.2 Å². The van der Waals surface area contributed by atoms with Gasteiger partial charge in [0, 0.05) is 107 Å². The molecule has 4 aromatic carbocycles. The molecule has 0 aliphatic heterocycles. The number of fused-ring (bicyclic) bond motifs is 3. The maximum absolute atomic E-state index is 10.6. The van der Waals surface area contributed by atoms with Crippen molar-refractivity contribution in [3.05, 3.63) is 175 Å². The predicted octanol–water partition coefficient (Wildman–Crippen LogP) is 9.31. The molecule has 0 aliphatic carbocycles. The van der Waals surface area contributed by atoms with Gasteiger partial charge in [0.1, 0.15) is 17.3 Å². The van der Waals surface area contributed by atoms with Crippen LogP contribution in [-0.4, -0.2) is 42.6 Å². The molecule has 51 heavy (non-hydrogen) atoms. The summed E-state index contributed by atoms with van der Waals surface area (Å²) in [5.41, 5.74) is 3.93. The van der Waals surface area contributed by atoms with E-state index < -0.39 is 0 Å². The fourth-order valence-electron chi connectivity index (χ4n) is 4.33. The number of nitrogens with zero attached hydrogens (tertiary/aromatic N) is 2. The first-order valence-electron chi connectivity index (χ1n) is 15.5. The SMILES string of the molecule is CC(=O)/C=C(/O)c1ccccc1.CC(=O)/C=C(\O)c1ccccc1.CC(=O)/C=C(\O)c1ccccc1.[Eu].c1cnc2c(c1)ccc1cccnc12. The van der Waals surface area contributed by atoms with Crippen molar-refractivity contribution >= 4 is 56.4 Å². The molecule has 0 amide bonds. The summed E-state index contributed by atoms with van der Waals surface area (Å²) in [7, 11) is 0. The third-order valence-electron chi connectivity index (χ3n) is 6.57. The maximum Gasteiger partial charge on any atom is 0.156 e. The molecule has 6 rings (SSSR count). The average Bonchev–Trinajstić information content (AvgIpc) is 3.13. The zero-order valence-electron chi connectivity index (χ0n) is 28.3. The van der Waals surface area contributed by atoms with Gasteiger partial charge in [0.05, 0.1) is 11.0 Å². The van der Waals surface area contributed by atoms with E-state index in [9.17, 15) is 29.7 Å². The van der Waals surface area contributed by atoms with E-state index in [1.54, 1.807) is 85.2 Å². The average molecular weight is 819 g/mol. The number of carbonyl (C=O) groups excluding carboxylic acids is 3. The molecule has 1 radical (unpaired) electrons. The molecule has 259 valence electrons. The van der Waals surface area contributed by atoms with Crippen molar-refractivity contribution in [1.82, 2.24) is 9.97 Å². The van der Waals surface area contributed by atoms with Crippen molar-refractivity contribution in [2.24, 2.45) is 0 Å². The number of benzene rings is 4. The number of aliphatic hydroxyl groups excluding tert-OH is 3. The molecule has 2 aromatic heterocycles. The van der Waals surface area contributed by atoms with Gasteiger partial charge in [-0.1, -0.05) is 115 Å². The van der Waals surface area contributed by atoms with Crippen LogP contribution in [0.4, 0.5) is 0 Å².